The van der Waals surface area contributed by atoms with E-state index in [-0.39, 0.29) is 38.0 Å². The molecule has 4 aliphatic carbocycles. The standard InChI is InChI=1S/C20H25F7O6/c1-3-31-14(29)19(20(25,26)27,32-10-18(23,24)15(2,21)22)33-13(28)16-5-11-4-12(6-16)8-17(30,7-11)9-16/h11-12,30H,3-10H2,1-2H3. The topological polar surface area (TPSA) is 82.1 Å². The molecular weight excluding hydrogens is 469 g/mol. The third-order valence-electron chi connectivity index (χ3n) is 6.72. The molecule has 3 unspecified atom stereocenters. The molecule has 0 aromatic heterocycles. The number of hydrogen-bond donors (Lipinski definition) is 1. The van der Waals surface area contributed by atoms with Gasteiger partial charge in [-0.25, -0.2) is 13.6 Å². The molecule has 3 atom stereocenters. The molecule has 190 valence electrons. The van der Waals surface area contributed by atoms with Crippen LogP contribution in [-0.4, -0.2) is 59.7 Å². The van der Waals surface area contributed by atoms with Gasteiger partial charge in [-0.2, -0.15) is 22.0 Å². The van der Waals surface area contributed by atoms with Crippen LogP contribution in [0.3, 0.4) is 0 Å². The Kier molecular flexibility index (Phi) is 6.27. The van der Waals surface area contributed by atoms with E-state index in [0.717, 1.165) is 6.92 Å². The van der Waals surface area contributed by atoms with Crippen molar-refractivity contribution in [1.29, 1.82) is 0 Å². The molecule has 0 amide bonds. The summed E-state index contributed by atoms with van der Waals surface area (Å²) in [6.45, 7) is -2.39. The zero-order valence-corrected chi connectivity index (χ0v) is 17.9. The molecule has 6 nitrogen and oxygen atoms in total. The Morgan fingerprint density at radius 2 is 1.55 bits per heavy atom. The van der Waals surface area contributed by atoms with Crippen molar-refractivity contribution in [3.05, 3.63) is 0 Å². The highest BCUT2D eigenvalue weighted by Crippen LogP contribution is 2.62. The van der Waals surface area contributed by atoms with Gasteiger partial charge in [0.05, 0.1) is 17.6 Å². The average Bonchev–Trinajstić information content (AvgIpc) is 2.61. The van der Waals surface area contributed by atoms with E-state index in [4.69, 9.17) is 0 Å². The maximum absolute atomic E-state index is 14.0. The molecule has 0 radical (unpaired) electrons. The van der Waals surface area contributed by atoms with Crippen molar-refractivity contribution in [3.63, 3.8) is 0 Å². The summed E-state index contributed by atoms with van der Waals surface area (Å²) in [5.74, 6) is -18.9. The lowest BCUT2D eigenvalue weighted by Gasteiger charge is -2.59. The molecule has 1 N–H and O–H groups in total. The van der Waals surface area contributed by atoms with Gasteiger partial charge in [-0.15, -0.1) is 0 Å². The summed E-state index contributed by atoms with van der Waals surface area (Å²) in [5.41, 5.74) is -2.89. The molecular formula is C20H25F7O6. The molecule has 0 aliphatic heterocycles. The number of carbonyl (C=O) groups is 2. The molecule has 0 saturated heterocycles. The van der Waals surface area contributed by atoms with Crippen LogP contribution in [0.25, 0.3) is 0 Å². The smallest absolute Gasteiger partial charge is 0.461 e. The number of hydrogen-bond acceptors (Lipinski definition) is 6. The molecule has 33 heavy (non-hydrogen) atoms. The minimum Gasteiger partial charge on any atom is -0.461 e. The highest BCUT2D eigenvalue weighted by atomic mass is 19.4. The highest BCUT2D eigenvalue weighted by Gasteiger charge is 2.71. The van der Waals surface area contributed by atoms with Crippen LogP contribution in [0.15, 0.2) is 0 Å². The number of alkyl halides is 7. The van der Waals surface area contributed by atoms with Crippen LogP contribution in [-0.2, 0) is 23.8 Å². The molecule has 0 aromatic carbocycles. The number of carbonyl (C=O) groups excluding carboxylic acids is 2. The van der Waals surface area contributed by atoms with E-state index in [9.17, 15) is 45.4 Å². The summed E-state index contributed by atoms with van der Waals surface area (Å²) in [6.07, 6.45) is -4.65. The van der Waals surface area contributed by atoms with Crippen LogP contribution in [0.4, 0.5) is 30.7 Å². The quantitative estimate of drug-likeness (QED) is 0.312. The third kappa shape index (κ3) is 4.54. The molecule has 0 heterocycles. The molecule has 0 aromatic rings. The molecule has 4 saturated carbocycles. The lowest BCUT2D eigenvalue weighted by atomic mass is 9.48. The Hall–Kier alpha value is -1.63. The maximum Gasteiger partial charge on any atom is 0.468 e. The van der Waals surface area contributed by atoms with Gasteiger partial charge in [0.25, 0.3) is 0 Å². The molecule has 0 spiro atoms. The fraction of sp³-hybridized carbons (Fsp3) is 0.900. The molecule has 13 heteroatoms. The van der Waals surface area contributed by atoms with Crippen LogP contribution in [0.5, 0.6) is 0 Å². The molecule has 4 fully saturated rings. The number of rotatable bonds is 8. The normalized spacial score (nSPS) is 33.5. The van der Waals surface area contributed by atoms with Crippen LogP contribution >= 0.6 is 0 Å². The number of halogens is 7. The number of ether oxygens (including phenoxy) is 3. The van der Waals surface area contributed by atoms with E-state index < -0.39 is 60.0 Å². The van der Waals surface area contributed by atoms with Crippen molar-refractivity contribution >= 4 is 11.9 Å². The van der Waals surface area contributed by atoms with E-state index >= 15 is 0 Å². The monoisotopic (exact) mass is 494 g/mol. The van der Waals surface area contributed by atoms with E-state index in [0.29, 0.717) is 19.3 Å². The second kappa shape index (κ2) is 7.96. The summed E-state index contributed by atoms with van der Waals surface area (Å²) >= 11 is 0. The molecule has 4 rings (SSSR count). The number of aliphatic hydroxyl groups is 1. The minimum absolute atomic E-state index is 0.0740. The van der Waals surface area contributed by atoms with Gasteiger partial charge in [-0.05, 0) is 57.3 Å². The van der Waals surface area contributed by atoms with Crippen LogP contribution in [0.2, 0.25) is 0 Å². The summed E-state index contributed by atoms with van der Waals surface area (Å²) in [5, 5.41) is 10.7. The summed E-state index contributed by atoms with van der Waals surface area (Å²) < 4.78 is 109. The largest absolute Gasteiger partial charge is 0.468 e. The zero-order chi connectivity index (χ0) is 25.1. The van der Waals surface area contributed by atoms with Crippen LogP contribution in [0, 0.1) is 17.3 Å². The summed E-state index contributed by atoms with van der Waals surface area (Å²) in [7, 11) is 0. The average molecular weight is 494 g/mol. The Labute approximate surface area is 184 Å². The number of esters is 2. The van der Waals surface area contributed by atoms with Gasteiger partial charge >= 0.3 is 35.7 Å². The van der Waals surface area contributed by atoms with Gasteiger partial charge in [0, 0.05) is 6.92 Å². The fourth-order valence-corrected chi connectivity index (χ4v) is 5.62. The first kappa shape index (κ1) is 26.0. The first-order chi connectivity index (χ1) is 14.9. The summed E-state index contributed by atoms with van der Waals surface area (Å²) in [6, 6.07) is 0. The lowest BCUT2D eigenvalue weighted by molar-refractivity contribution is -0.374. The molecule has 4 aliphatic rings. The minimum atomic E-state index is -5.94. The van der Waals surface area contributed by atoms with Crippen molar-refractivity contribution < 1.29 is 59.6 Å². The van der Waals surface area contributed by atoms with Gasteiger partial charge in [-0.1, -0.05) is 0 Å². The Bertz CT molecular complexity index is 779. The van der Waals surface area contributed by atoms with Gasteiger partial charge in [0.1, 0.15) is 6.61 Å². The predicted octanol–water partition coefficient (Wildman–Crippen LogP) is 3.99. The van der Waals surface area contributed by atoms with Crippen LogP contribution in [0.1, 0.15) is 52.4 Å². The van der Waals surface area contributed by atoms with Gasteiger partial charge < -0.3 is 19.3 Å². The SMILES string of the molecule is CCOC(=O)C(OCC(F)(F)C(C)(F)F)(OC(=O)C12CC3CC(CC(O)(C3)C1)C2)C(F)(F)F. The van der Waals surface area contributed by atoms with Crippen molar-refractivity contribution in [3.8, 4) is 0 Å². The fourth-order valence-electron chi connectivity index (χ4n) is 5.62. The van der Waals surface area contributed by atoms with Crippen LogP contribution < -0.4 is 0 Å². The van der Waals surface area contributed by atoms with Gasteiger partial charge in [-0.3, -0.25) is 4.79 Å². The third-order valence-corrected chi connectivity index (χ3v) is 6.72. The second-order valence-electron chi connectivity index (χ2n) is 9.57. The van der Waals surface area contributed by atoms with E-state index in [1.807, 2.05) is 0 Å². The maximum atomic E-state index is 14.0. The van der Waals surface area contributed by atoms with Crippen molar-refractivity contribution in [1.82, 2.24) is 0 Å². The Morgan fingerprint density at radius 1 is 1.00 bits per heavy atom. The Balaban J connectivity index is 1.95. The molecule has 4 bridgehead atoms. The van der Waals surface area contributed by atoms with E-state index in [1.54, 1.807) is 0 Å². The van der Waals surface area contributed by atoms with Gasteiger partial charge in [0.2, 0.25) is 0 Å². The first-order valence-electron chi connectivity index (χ1n) is 10.5. The first-order valence-corrected chi connectivity index (χ1v) is 10.5. The zero-order valence-electron chi connectivity index (χ0n) is 17.9. The van der Waals surface area contributed by atoms with E-state index in [1.165, 1.54) is 0 Å². The lowest BCUT2D eigenvalue weighted by Crippen LogP contribution is -2.64. The second-order valence-corrected chi connectivity index (χ2v) is 9.57. The van der Waals surface area contributed by atoms with Crippen molar-refractivity contribution in [2.45, 2.75) is 81.8 Å². The van der Waals surface area contributed by atoms with Gasteiger partial charge in [0.15, 0.2) is 0 Å². The highest BCUT2D eigenvalue weighted by molar-refractivity contribution is 5.85. The van der Waals surface area contributed by atoms with E-state index in [2.05, 4.69) is 14.2 Å². The van der Waals surface area contributed by atoms with Crippen molar-refractivity contribution in [2.75, 3.05) is 13.2 Å². The Morgan fingerprint density at radius 3 is 1.97 bits per heavy atom. The summed E-state index contributed by atoms with van der Waals surface area (Å²) in [4.78, 5) is 25.4. The van der Waals surface area contributed by atoms with Crippen molar-refractivity contribution in [2.24, 2.45) is 17.3 Å². The predicted molar refractivity (Wildman–Crippen MR) is 95.1 cm³/mol.